The Morgan fingerprint density at radius 1 is 1.19 bits per heavy atom. The topological polar surface area (TPSA) is 103 Å². The van der Waals surface area contributed by atoms with E-state index in [4.69, 9.17) is 4.74 Å². The third-order valence-electron chi connectivity index (χ3n) is 3.96. The van der Waals surface area contributed by atoms with E-state index in [0.29, 0.717) is 22.3 Å². The molecule has 2 aromatic carbocycles. The Morgan fingerprint density at radius 2 is 1.88 bits per heavy atom. The van der Waals surface area contributed by atoms with E-state index in [9.17, 15) is 19.7 Å². The van der Waals surface area contributed by atoms with Crippen molar-refractivity contribution in [1.82, 2.24) is 4.57 Å². The van der Waals surface area contributed by atoms with E-state index in [1.165, 1.54) is 37.6 Å². The van der Waals surface area contributed by atoms with Gasteiger partial charge in [-0.25, -0.2) is 0 Å². The number of aromatic nitrogens is 1. The lowest BCUT2D eigenvalue weighted by molar-refractivity contribution is -0.384. The molecule has 0 aliphatic carbocycles. The maximum atomic E-state index is 12.7. The molecule has 1 N–H and O–H groups in total. The molecule has 3 rings (SSSR count). The van der Waals surface area contributed by atoms with Crippen LogP contribution in [0.4, 0.5) is 11.4 Å². The third kappa shape index (κ3) is 3.00. The van der Waals surface area contributed by atoms with Gasteiger partial charge in [0.15, 0.2) is 0 Å². The minimum atomic E-state index is -0.593. The zero-order chi connectivity index (χ0) is 18.8. The standard InChI is InChI=1S/C18H15N3O5/c1-20-10-14(17(22)13-4-3-5-15(26-2)16(13)20)18(23)19-11-6-8-12(9-7-11)21(24)25/h3-10H,1-2H3,(H,19,23). The van der Waals surface area contributed by atoms with Gasteiger partial charge in [-0.15, -0.1) is 0 Å². The van der Waals surface area contributed by atoms with Crippen molar-refractivity contribution >= 4 is 28.2 Å². The molecular formula is C18H15N3O5. The number of nitro benzene ring substituents is 1. The molecule has 0 aliphatic heterocycles. The van der Waals surface area contributed by atoms with E-state index < -0.39 is 16.3 Å². The first-order valence-corrected chi connectivity index (χ1v) is 7.64. The van der Waals surface area contributed by atoms with Crippen LogP contribution in [0.25, 0.3) is 10.9 Å². The molecule has 8 nitrogen and oxygen atoms in total. The van der Waals surface area contributed by atoms with Crippen LogP contribution in [-0.2, 0) is 7.05 Å². The van der Waals surface area contributed by atoms with Crippen LogP contribution in [0.5, 0.6) is 5.75 Å². The fraction of sp³-hybridized carbons (Fsp3) is 0.111. The molecule has 0 atom stereocenters. The van der Waals surface area contributed by atoms with Crippen molar-refractivity contribution in [3.63, 3.8) is 0 Å². The van der Waals surface area contributed by atoms with Crippen molar-refractivity contribution in [2.75, 3.05) is 12.4 Å². The molecule has 26 heavy (non-hydrogen) atoms. The molecule has 1 aromatic heterocycles. The van der Waals surface area contributed by atoms with Gasteiger partial charge in [0, 0.05) is 31.1 Å². The highest BCUT2D eigenvalue weighted by molar-refractivity contribution is 6.06. The molecule has 0 spiro atoms. The number of non-ortho nitro benzene ring substituents is 1. The van der Waals surface area contributed by atoms with E-state index in [2.05, 4.69) is 5.32 Å². The summed E-state index contributed by atoms with van der Waals surface area (Å²) in [7, 11) is 3.22. The second-order valence-electron chi connectivity index (χ2n) is 5.60. The van der Waals surface area contributed by atoms with Gasteiger partial charge in [0.2, 0.25) is 5.43 Å². The average Bonchev–Trinajstić information content (AvgIpc) is 2.64. The number of nitro groups is 1. The molecule has 8 heteroatoms. The molecule has 0 radical (unpaired) electrons. The number of carbonyl (C=O) groups is 1. The summed E-state index contributed by atoms with van der Waals surface area (Å²) in [6.07, 6.45) is 1.44. The predicted octanol–water partition coefficient (Wildman–Crippen LogP) is 2.71. The highest BCUT2D eigenvalue weighted by Crippen LogP contribution is 2.23. The number of benzene rings is 2. The number of rotatable bonds is 4. The molecule has 0 aliphatic rings. The first kappa shape index (κ1) is 17.2. The first-order valence-electron chi connectivity index (χ1n) is 7.64. The van der Waals surface area contributed by atoms with Crippen LogP contribution in [0.1, 0.15) is 10.4 Å². The van der Waals surface area contributed by atoms with Crippen molar-refractivity contribution < 1.29 is 14.5 Å². The lowest BCUT2D eigenvalue weighted by Gasteiger charge is -2.12. The number of aryl methyl sites for hydroxylation is 1. The van der Waals surface area contributed by atoms with Crippen LogP contribution in [0.3, 0.4) is 0 Å². The third-order valence-corrected chi connectivity index (χ3v) is 3.96. The number of hydrogen-bond donors (Lipinski definition) is 1. The second-order valence-corrected chi connectivity index (χ2v) is 5.60. The van der Waals surface area contributed by atoms with Crippen LogP contribution >= 0.6 is 0 Å². The van der Waals surface area contributed by atoms with E-state index >= 15 is 0 Å². The summed E-state index contributed by atoms with van der Waals surface area (Å²) in [5.74, 6) is -0.0615. The number of nitrogens with one attached hydrogen (secondary N) is 1. The van der Waals surface area contributed by atoms with Crippen LogP contribution < -0.4 is 15.5 Å². The molecule has 0 saturated heterocycles. The first-order chi connectivity index (χ1) is 12.4. The molecule has 0 bridgehead atoms. The largest absolute Gasteiger partial charge is 0.495 e. The minimum Gasteiger partial charge on any atom is -0.495 e. The molecule has 1 amide bonds. The number of pyridine rings is 1. The van der Waals surface area contributed by atoms with Gasteiger partial charge < -0.3 is 14.6 Å². The maximum absolute atomic E-state index is 12.7. The number of carbonyl (C=O) groups excluding carboxylic acids is 1. The van der Waals surface area contributed by atoms with Crippen LogP contribution in [0.2, 0.25) is 0 Å². The van der Waals surface area contributed by atoms with Crippen molar-refractivity contribution in [3.05, 3.63) is 74.6 Å². The number of ether oxygens (including phenoxy) is 1. The summed E-state index contributed by atoms with van der Waals surface area (Å²) in [5.41, 5.74) is 0.403. The summed E-state index contributed by atoms with van der Waals surface area (Å²) >= 11 is 0. The molecule has 132 valence electrons. The monoisotopic (exact) mass is 353 g/mol. The number of methoxy groups -OCH3 is 1. The number of nitrogens with zero attached hydrogens (tertiary/aromatic N) is 2. The SMILES string of the molecule is COc1cccc2c(=O)c(C(=O)Nc3ccc([N+](=O)[O-])cc3)cn(C)c12. The summed E-state index contributed by atoms with van der Waals surface area (Å²) in [5, 5.41) is 13.6. The summed E-state index contributed by atoms with van der Waals surface area (Å²) in [6.45, 7) is 0. The quantitative estimate of drug-likeness (QED) is 0.574. The highest BCUT2D eigenvalue weighted by Gasteiger charge is 2.17. The Morgan fingerprint density at radius 3 is 2.50 bits per heavy atom. The smallest absolute Gasteiger partial charge is 0.269 e. The fourth-order valence-corrected chi connectivity index (χ4v) is 2.72. The molecule has 3 aromatic rings. The maximum Gasteiger partial charge on any atom is 0.269 e. The lowest BCUT2D eigenvalue weighted by Crippen LogP contribution is -2.23. The molecule has 1 heterocycles. The number of anilines is 1. The summed E-state index contributed by atoms with van der Waals surface area (Å²) in [6, 6.07) is 10.4. The van der Waals surface area contributed by atoms with E-state index in [0.717, 1.165) is 0 Å². The zero-order valence-corrected chi connectivity index (χ0v) is 14.1. The number of amides is 1. The lowest BCUT2D eigenvalue weighted by atomic mass is 10.1. The highest BCUT2D eigenvalue weighted by atomic mass is 16.6. The van der Waals surface area contributed by atoms with E-state index in [1.807, 2.05) is 0 Å². The minimum absolute atomic E-state index is 0.0356. The predicted molar refractivity (Wildman–Crippen MR) is 96.8 cm³/mol. The van der Waals surface area contributed by atoms with Gasteiger partial charge >= 0.3 is 0 Å². The van der Waals surface area contributed by atoms with Crippen molar-refractivity contribution in [2.45, 2.75) is 0 Å². The second kappa shape index (κ2) is 6.67. The van der Waals surface area contributed by atoms with Gasteiger partial charge in [-0.2, -0.15) is 0 Å². The normalized spacial score (nSPS) is 10.5. The summed E-state index contributed by atoms with van der Waals surface area (Å²) < 4.78 is 6.93. The van der Waals surface area contributed by atoms with E-state index in [1.54, 1.807) is 29.8 Å². The van der Waals surface area contributed by atoms with Crippen LogP contribution in [0.15, 0.2) is 53.5 Å². The van der Waals surface area contributed by atoms with Gasteiger partial charge in [-0.05, 0) is 24.3 Å². The van der Waals surface area contributed by atoms with Crippen molar-refractivity contribution in [1.29, 1.82) is 0 Å². The van der Waals surface area contributed by atoms with Gasteiger partial charge in [0.25, 0.3) is 11.6 Å². The molecule has 0 saturated carbocycles. The van der Waals surface area contributed by atoms with Gasteiger partial charge in [-0.1, -0.05) is 6.07 Å². The Hall–Kier alpha value is -3.68. The fourth-order valence-electron chi connectivity index (χ4n) is 2.72. The average molecular weight is 353 g/mol. The van der Waals surface area contributed by atoms with Gasteiger partial charge in [-0.3, -0.25) is 19.7 Å². The van der Waals surface area contributed by atoms with Crippen molar-refractivity contribution in [3.8, 4) is 5.75 Å². The van der Waals surface area contributed by atoms with Crippen molar-refractivity contribution in [2.24, 2.45) is 7.05 Å². The van der Waals surface area contributed by atoms with Gasteiger partial charge in [0.1, 0.15) is 11.3 Å². The van der Waals surface area contributed by atoms with Crippen LogP contribution in [0, 0.1) is 10.1 Å². The number of para-hydroxylation sites is 1. The summed E-state index contributed by atoms with van der Waals surface area (Å²) in [4.78, 5) is 35.4. The Labute approximate surface area is 147 Å². The number of hydrogen-bond acceptors (Lipinski definition) is 5. The van der Waals surface area contributed by atoms with Gasteiger partial charge in [0.05, 0.1) is 22.9 Å². The van der Waals surface area contributed by atoms with E-state index in [-0.39, 0.29) is 11.3 Å². The molecule has 0 fully saturated rings. The Balaban J connectivity index is 2.00. The Bertz CT molecular complexity index is 1070. The Kier molecular flexibility index (Phi) is 4.40. The van der Waals surface area contributed by atoms with Crippen LogP contribution in [-0.4, -0.2) is 22.5 Å². The number of fused-ring (bicyclic) bond motifs is 1. The zero-order valence-electron chi connectivity index (χ0n) is 14.1. The molecule has 0 unspecified atom stereocenters. The molecular weight excluding hydrogens is 338 g/mol.